The van der Waals surface area contributed by atoms with Gasteiger partial charge >= 0.3 is 5.97 Å². The Morgan fingerprint density at radius 3 is 3.12 bits per heavy atom. The first-order valence-electron chi connectivity index (χ1n) is 5.36. The minimum atomic E-state index is -0.291. The molecule has 2 rings (SSSR count). The summed E-state index contributed by atoms with van der Waals surface area (Å²) < 4.78 is 10.4. The lowest BCUT2D eigenvalue weighted by Gasteiger charge is -2.19. The normalized spacial score (nSPS) is 16.4. The highest BCUT2D eigenvalue weighted by molar-refractivity contribution is 5.83. The van der Waals surface area contributed by atoms with Crippen LogP contribution in [0.1, 0.15) is 12.5 Å². The molecule has 1 aliphatic rings. The Labute approximate surface area is 94.7 Å². The van der Waals surface area contributed by atoms with E-state index in [1.54, 1.807) is 6.92 Å². The quantitative estimate of drug-likeness (QED) is 0.563. The SMILES string of the molecule is CCOC(=O)/C=C1/COc2ccccc2C1. The molecule has 0 aliphatic carbocycles. The van der Waals surface area contributed by atoms with Gasteiger partial charge in [-0.2, -0.15) is 0 Å². The van der Waals surface area contributed by atoms with E-state index in [0.29, 0.717) is 13.2 Å². The van der Waals surface area contributed by atoms with Crippen LogP contribution < -0.4 is 4.74 Å². The lowest BCUT2D eigenvalue weighted by atomic mass is 10.0. The summed E-state index contributed by atoms with van der Waals surface area (Å²) in [7, 11) is 0. The highest BCUT2D eigenvalue weighted by atomic mass is 16.5. The lowest BCUT2D eigenvalue weighted by Crippen LogP contribution is -2.14. The van der Waals surface area contributed by atoms with Crippen LogP contribution in [0.2, 0.25) is 0 Å². The van der Waals surface area contributed by atoms with Crippen molar-refractivity contribution in [1.82, 2.24) is 0 Å². The molecule has 0 bridgehead atoms. The van der Waals surface area contributed by atoms with Crippen molar-refractivity contribution in [2.45, 2.75) is 13.3 Å². The molecule has 0 radical (unpaired) electrons. The molecule has 0 N–H and O–H groups in total. The standard InChI is InChI=1S/C13H14O3/c1-2-15-13(14)8-10-7-11-5-3-4-6-12(11)16-9-10/h3-6,8H,2,7,9H2,1H3/b10-8+. The number of rotatable bonds is 2. The topological polar surface area (TPSA) is 35.5 Å². The van der Waals surface area contributed by atoms with Crippen LogP contribution in [0.25, 0.3) is 0 Å². The molecule has 84 valence electrons. The summed E-state index contributed by atoms with van der Waals surface area (Å²) in [6, 6.07) is 7.86. The van der Waals surface area contributed by atoms with E-state index < -0.39 is 0 Å². The van der Waals surface area contributed by atoms with E-state index in [1.807, 2.05) is 24.3 Å². The predicted octanol–water partition coefficient (Wildman–Crippen LogP) is 2.11. The molecule has 0 amide bonds. The van der Waals surface area contributed by atoms with Crippen LogP contribution in [0.3, 0.4) is 0 Å². The number of ether oxygens (including phenoxy) is 2. The van der Waals surface area contributed by atoms with Crippen LogP contribution in [-0.4, -0.2) is 19.2 Å². The number of carbonyl (C=O) groups excluding carboxylic acids is 1. The van der Waals surface area contributed by atoms with Crippen LogP contribution >= 0.6 is 0 Å². The summed E-state index contributed by atoms with van der Waals surface area (Å²) >= 11 is 0. The van der Waals surface area contributed by atoms with Crippen molar-refractivity contribution >= 4 is 5.97 Å². The Morgan fingerprint density at radius 2 is 2.31 bits per heavy atom. The summed E-state index contributed by atoms with van der Waals surface area (Å²) in [5.41, 5.74) is 2.07. The van der Waals surface area contributed by atoms with Gasteiger partial charge in [-0.3, -0.25) is 0 Å². The van der Waals surface area contributed by atoms with Gasteiger partial charge in [-0.25, -0.2) is 4.79 Å². The number of para-hydroxylation sites is 1. The molecule has 0 spiro atoms. The zero-order chi connectivity index (χ0) is 11.4. The highest BCUT2D eigenvalue weighted by Crippen LogP contribution is 2.26. The summed E-state index contributed by atoms with van der Waals surface area (Å²) in [5, 5.41) is 0. The first-order valence-corrected chi connectivity index (χ1v) is 5.36. The monoisotopic (exact) mass is 218 g/mol. The molecule has 0 aromatic heterocycles. The molecule has 1 heterocycles. The molecule has 16 heavy (non-hydrogen) atoms. The zero-order valence-corrected chi connectivity index (χ0v) is 9.23. The number of hydrogen-bond acceptors (Lipinski definition) is 3. The Morgan fingerprint density at radius 1 is 1.50 bits per heavy atom. The van der Waals surface area contributed by atoms with Crippen molar-refractivity contribution in [2.24, 2.45) is 0 Å². The fourth-order valence-electron chi connectivity index (χ4n) is 1.70. The maximum absolute atomic E-state index is 11.3. The second kappa shape index (κ2) is 4.84. The summed E-state index contributed by atoms with van der Waals surface area (Å²) in [5.74, 6) is 0.615. The van der Waals surface area contributed by atoms with Crippen molar-refractivity contribution in [2.75, 3.05) is 13.2 Å². The summed E-state index contributed by atoms with van der Waals surface area (Å²) in [6.07, 6.45) is 2.29. The molecular formula is C13H14O3. The molecule has 0 saturated heterocycles. The molecule has 1 aromatic rings. The maximum atomic E-state index is 11.3. The van der Waals surface area contributed by atoms with E-state index in [9.17, 15) is 4.79 Å². The molecule has 3 nitrogen and oxygen atoms in total. The molecule has 0 fully saturated rings. The number of esters is 1. The van der Waals surface area contributed by atoms with E-state index in [1.165, 1.54) is 6.08 Å². The van der Waals surface area contributed by atoms with Gasteiger partial charge in [-0.1, -0.05) is 18.2 Å². The van der Waals surface area contributed by atoms with Gasteiger partial charge < -0.3 is 9.47 Å². The van der Waals surface area contributed by atoms with E-state index in [-0.39, 0.29) is 5.97 Å². The largest absolute Gasteiger partial charge is 0.489 e. The average Bonchev–Trinajstić information content (AvgIpc) is 2.29. The van der Waals surface area contributed by atoms with E-state index in [0.717, 1.165) is 23.3 Å². The predicted molar refractivity (Wildman–Crippen MR) is 60.4 cm³/mol. The van der Waals surface area contributed by atoms with Crippen LogP contribution in [0.4, 0.5) is 0 Å². The minimum absolute atomic E-state index is 0.291. The smallest absolute Gasteiger partial charge is 0.330 e. The molecule has 1 aliphatic heterocycles. The molecule has 0 atom stereocenters. The van der Waals surface area contributed by atoms with Gasteiger partial charge in [0.05, 0.1) is 6.61 Å². The van der Waals surface area contributed by atoms with Gasteiger partial charge in [-0.05, 0) is 24.1 Å². The molecule has 0 unspecified atom stereocenters. The fourth-order valence-corrected chi connectivity index (χ4v) is 1.70. The molecule has 1 aromatic carbocycles. The number of carbonyl (C=O) groups is 1. The first-order chi connectivity index (χ1) is 7.79. The van der Waals surface area contributed by atoms with E-state index in [2.05, 4.69) is 0 Å². The Bertz CT molecular complexity index is 421. The fraction of sp³-hybridized carbons (Fsp3) is 0.308. The van der Waals surface area contributed by atoms with Crippen LogP contribution in [0.15, 0.2) is 35.9 Å². The third kappa shape index (κ3) is 2.42. The van der Waals surface area contributed by atoms with Crippen molar-refractivity contribution in [3.8, 4) is 5.75 Å². The van der Waals surface area contributed by atoms with Gasteiger partial charge in [-0.15, -0.1) is 0 Å². The van der Waals surface area contributed by atoms with Crippen LogP contribution in [-0.2, 0) is 16.0 Å². The van der Waals surface area contributed by atoms with Crippen molar-refractivity contribution < 1.29 is 14.3 Å². The van der Waals surface area contributed by atoms with Crippen molar-refractivity contribution in [3.63, 3.8) is 0 Å². The molecule has 3 heteroatoms. The molecule has 0 saturated carbocycles. The first kappa shape index (κ1) is 10.7. The number of hydrogen-bond donors (Lipinski definition) is 0. The van der Waals surface area contributed by atoms with Crippen LogP contribution in [0, 0.1) is 0 Å². The average molecular weight is 218 g/mol. The zero-order valence-electron chi connectivity index (χ0n) is 9.23. The van der Waals surface area contributed by atoms with Gasteiger partial charge in [0, 0.05) is 12.5 Å². The third-order valence-electron chi connectivity index (χ3n) is 2.41. The van der Waals surface area contributed by atoms with Gasteiger partial charge in [0.15, 0.2) is 0 Å². The Balaban J connectivity index is 2.10. The Hall–Kier alpha value is -1.77. The van der Waals surface area contributed by atoms with Gasteiger partial charge in [0.1, 0.15) is 12.4 Å². The van der Waals surface area contributed by atoms with Gasteiger partial charge in [0.25, 0.3) is 0 Å². The van der Waals surface area contributed by atoms with Crippen molar-refractivity contribution in [3.05, 3.63) is 41.5 Å². The van der Waals surface area contributed by atoms with E-state index in [4.69, 9.17) is 9.47 Å². The molecular weight excluding hydrogens is 204 g/mol. The van der Waals surface area contributed by atoms with Crippen molar-refractivity contribution in [1.29, 1.82) is 0 Å². The second-order valence-corrected chi connectivity index (χ2v) is 3.63. The lowest BCUT2D eigenvalue weighted by molar-refractivity contribution is -0.137. The van der Waals surface area contributed by atoms with Gasteiger partial charge in [0.2, 0.25) is 0 Å². The summed E-state index contributed by atoms with van der Waals surface area (Å²) in [4.78, 5) is 11.3. The maximum Gasteiger partial charge on any atom is 0.330 e. The third-order valence-corrected chi connectivity index (χ3v) is 2.41. The second-order valence-electron chi connectivity index (χ2n) is 3.63. The van der Waals surface area contributed by atoms with E-state index >= 15 is 0 Å². The minimum Gasteiger partial charge on any atom is -0.489 e. The summed E-state index contributed by atoms with van der Waals surface area (Å²) in [6.45, 7) is 2.67. The number of benzene rings is 1. The Kier molecular flexibility index (Phi) is 3.25. The highest BCUT2D eigenvalue weighted by Gasteiger charge is 2.14. The number of fused-ring (bicyclic) bond motifs is 1. The van der Waals surface area contributed by atoms with Crippen LogP contribution in [0.5, 0.6) is 5.75 Å².